The van der Waals surface area contributed by atoms with Gasteiger partial charge in [0.15, 0.2) is 0 Å². The lowest BCUT2D eigenvalue weighted by molar-refractivity contribution is -0.112. The molecule has 0 fully saturated rings. The van der Waals surface area contributed by atoms with Gasteiger partial charge in [-0.1, -0.05) is 32.3 Å². The third-order valence-electron chi connectivity index (χ3n) is 3.44. The molecule has 0 saturated heterocycles. The largest absolute Gasteiger partial charge is 0.497 e. The van der Waals surface area contributed by atoms with E-state index in [-0.39, 0.29) is 11.2 Å². The molecule has 1 unspecified atom stereocenters. The van der Waals surface area contributed by atoms with E-state index in [2.05, 4.69) is 6.92 Å². The summed E-state index contributed by atoms with van der Waals surface area (Å²) in [6.07, 6.45) is 4.68. The number of rotatable bonds is 9. The Morgan fingerprint density at radius 1 is 1.25 bits per heavy atom. The quantitative estimate of drug-likeness (QED) is 0.496. The zero-order valence-electron chi connectivity index (χ0n) is 12.4. The summed E-state index contributed by atoms with van der Waals surface area (Å²) in [5.41, 5.74) is 1.03. The fraction of sp³-hybridized carbons (Fsp3) is 0.562. The van der Waals surface area contributed by atoms with E-state index in [1.807, 2.05) is 18.2 Å². The molecule has 0 aromatic heterocycles. The molecule has 0 saturated carbocycles. The Hall–Kier alpha value is -1.22. The van der Waals surface area contributed by atoms with Crippen LogP contribution in [0.4, 0.5) is 0 Å². The highest BCUT2D eigenvalue weighted by atomic mass is 35.5. The van der Waals surface area contributed by atoms with Crippen molar-refractivity contribution in [3.8, 4) is 11.5 Å². The van der Waals surface area contributed by atoms with Crippen molar-refractivity contribution in [3.05, 3.63) is 23.8 Å². The molecule has 0 N–H and O–H groups in total. The summed E-state index contributed by atoms with van der Waals surface area (Å²) >= 11 is 5.58. The number of unbranched alkanes of at least 4 members (excludes halogenated alkanes) is 2. The molecule has 4 heteroatoms. The molecule has 1 aromatic carbocycles. The maximum absolute atomic E-state index is 11.3. The summed E-state index contributed by atoms with van der Waals surface area (Å²) in [6.45, 7) is 2.16. The summed E-state index contributed by atoms with van der Waals surface area (Å²) in [5, 5.41) is -0.302. The molecule has 112 valence electrons. The normalized spacial score (nSPS) is 12.0. The molecule has 0 bridgehead atoms. The minimum atomic E-state index is -0.302. The average molecular weight is 299 g/mol. The van der Waals surface area contributed by atoms with Gasteiger partial charge in [0.05, 0.1) is 14.2 Å². The van der Waals surface area contributed by atoms with Gasteiger partial charge in [-0.3, -0.25) is 4.79 Å². The highest BCUT2D eigenvalue weighted by Crippen LogP contribution is 2.35. The maximum atomic E-state index is 11.3. The molecule has 3 nitrogen and oxygen atoms in total. The van der Waals surface area contributed by atoms with Gasteiger partial charge in [-0.15, -0.1) is 0 Å². The van der Waals surface area contributed by atoms with Crippen LogP contribution in [-0.2, 0) is 4.79 Å². The summed E-state index contributed by atoms with van der Waals surface area (Å²) < 4.78 is 10.6. The molecule has 0 radical (unpaired) electrons. The topological polar surface area (TPSA) is 35.5 Å². The lowest BCUT2D eigenvalue weighted by Crippen LogP contribution is -2.06. The number of hydrogen-bond acceptors (Lipinski definition) is 3. The van der Waals surface area contributed by atoms with Crippen molar-refractivity contribution in [2.45, 2.75) is 44.9 Å². The van der Waals surface area contributed by atoms with Crippen LogP contribution in [0.25, 0.3) is 0 Å². The molecular weight excluding hydrogens is 276 g/mol. The molecular formula is C16H23ClO3. The van der Waals surface area contributed by atoms with E-state index in [4.69, 9.17) is 21.1 Å². The number of carbonyl (C=O) groups is 1. The van der Waals surface area contributed by atoms with Crippen LogP contribution in [0.2, 0.25) is 0 Å². The molecule has 0 aliphatic carbocycles. The van der Waals surface area contributed by atoms with E-state index in [9.17, 15) is 4.79 Å². The first-order chi connectivity index (χ1) is 9.62. The van der Waals surface area contributed by atoms with Crippen molar-refractivity contribution < 1.29 is 14.3 Å². The van der Waals surface area contributed by atoms with Crippen LogP contribution in [0.5, 0.6) is 11.5 Å². The first kappa shape index (κ1) is 16.8. The van der Waals surface area contributed by atoms with Crippen LogP contribution in [0.3, 0.4) is 0 Å². The fourth-order valence-corrected chi connectivity index (χ4v) is 2.54. The third kappa shape index (κ3) is 5.04. The highest BCUT2D eigenvalue weighted by Gasteiger charge is 2.19. The second-order valence-electron chi connectivity index (χ2n) is 4.86. The number of halogens is 1. The van der Waals surface area contributed by atoms with Crippen molar-refractivity contribution >= 4 is 16.8 Å². The van der Waals surface area contributed by atoms with Crippen LogP contribution < -0.4 is 9.47 Å². The molecule has 1 rings (SSSR count). The first-order valence-electron chi connectivity index (χ1n) is 7.02. The Bertz CT molecular complexity index is 432. The molecule has 1 aromatic rings. The predicted octanol–water partition coefficient (Wildman–Crippen LogP) is 4.52. The Morgan fingerprint density at radius 2 is 2.00 bits per heavy atom. The monoisotopic (exact) mass is 298 g/mol. The molecule has 20 heavy (non-hydrogen) atoms. The van der Waals surface area contributed by atoms with Crippen molar-refractivity contribution in [3.63, 3.8) is 0 Å². The Kier molecular flexibility index (Phi) is 7.45. The summed E-state index contributed by atoms with van der Waals surface area (Å²) in [4.78, 5) is 11.3. The average Bonchev–Trinajstić information content (AvgIpc) is 2.45. The number of methoxy groups -OCH3 is 2. The molecule has 0 amide bonds. The Morgan fingerprint density at radius 3 is 2.55 bits per heavy atom. The number of benzene rings is 1. The van der Waals surface area contributed by atoms with Crippen molar-refractivity contribution in [1.29, 1.82) is 0 Å². The van der Waals surface area contributed by atoms with Crippen LogP contribution in [0.15, 0.2) is 18.2 Å². The third-order valence-corrected chi connectivity index (χ3v) is 3.60. The smallest absolute Gasteiger partial charge is 0.222 e. The van der Waals surface area contributed by atoms with Crippen molar-refractivity contribution in [2.24, 2.45) is 0 Å². The number of hydrogen-bond donors (Lipinski definition) is 0. The lowest BCUT2D eigenvalue weighted by Gasteiger charge is -2.19. The van der Waals surface area contributed by atoms with Gasteiger partial charge in [0.1, 0.15) is 11.5 Å². The van der Waals surface area contributed by atoms with E-state index in [0.717, 1.165) is 42.7 Å². The van der Waals surface area contributed by atoms with Crippen LogP contribution in [-0.4, -0.2) is 19.5 Å². The fourth-order valence-electron chi connectivity index (χ4n) is 2.36. The van der Waals surface area contributed by atoms with Gasteiger partial charge in [0.25, 0.3) is 0 Å². The second kappa shape index (κ2) is 8.85. The van der Waals surface area contributed by atoms with Crippen molar-refractivity contribution in [2.75, 3.05) is 14.2 Å². The van der Waals surface area contributed by atoms with Gasteiger partial charge in [-0.05, 0) is 35.6 Å². The second-order valence-corrected chi connectivity index (χ2v) is 5.28. The number of ether oxygens (including phenoxy) is 2. The minimum absolute atomic E-state index is 0.104. The predicted molar refractivity (Wildman–Crippen MR) is 81.9 cm³/mol. The van der Waals surface area contributed by atoms with Gasteiger partial charge in [-0.25, -0.2) is 0 Å². The molecule has 0 spiro atoms. The van der Waals surface area contributed by atoms with Gasteiger partial charge in [0, 0.05) is 12.5 Å². The molecule has 0 aliphatic rings. The summed E-state index contributed by atoms with van der Waals surface area (Å²) in [7, 11) is 3.25. The minimum Gasteiger partial charge on any atom is -0.497 e. The summed E-state index contributed by atoms with van der Waals surface area (Å²) in [5.74, 6) is 1.60. The van der Waals surface area contributed by atoms with Crippen LogP contribution >= 0.6 is 11.6 Å². The summed E-state index contributed by atoms with van der Waals surface area (Å²) in [6, 6.07) is 5.71. The Labute approximate surface area is 126 Å². The van der Waals surface area contributed by atoms with E-state index in [1.54, 1.807) is 14.2 Å². The number of carbonyl (C=O) groups excluding carboxylic acids is 1. The zero-order chi connectivity index (χ0) is 15.0. The van der Waals surface area contributed by atoms with E-state index < -0.39 is 0 Å². The standard InChI is InChI=1S/C16H23ClO3/c1-4-5-6-7-12(10-16(17)18)14-9-8-13(19-2)11-15(14)20-3/h8-9,11-12H,4-7,10H2,1-3H3. The SMILES string of the molecule is CCCCCC(CC(=O)Cl)c1ccc(OC)cc1OC. The van der Waals surface area contributed by atoms with Gasteiger partial charge in [-0.2, -0.15) is 0 Å². The zero-order valence-corrected chi connectivity index (χ0v) is 13.2. The van der Waals surface area contributed by atoms with Crippen molar-refractivity contribution in [1.82, 2.24) is 0 Å². The van der Waals surface area contributed by atoms with Crippen LogP contribution in [0, 0.1) is 0 Å². The highest BCUT2D eigenvalue weighted by molar-refractivity contribution is 6.63. The molecule has 0 aliphatic heterocycles. The molecule has 1 atom stereocenters. The van der Waals surface area contributed by atoms with Gasteiger partial charge < -0.3 is 9.47 Å². The Balaban J connectivity index is 2.95. The molecule has 0 heterocycles. The maximum Gasteiger partial charge on any atom is 0.222 e. The van der Waals surface area contributed by atoms with Crippen LogP contribution in [0.1, 0.15) is 50.5 Å². The van der Waals surface area contributed by atoms with Gasteiger partial charge >= 0.3 is 0 Å². The van der Waals surface area contributed by atoms with Gasteiger partial charge in [0.2, 0.25) is 5.24 Å². The van der Waals surface area contributed by atoms with E-state index >= 15 is 0 Å². The first-order valence-corrected chi connectivity index (χ1v) is 7.40. The van der Waals surface area contributed by atoms with E-state index in [1.165, 1.54) is 0 Å². The lowest BCUT2D eigenvalue weighted by atomic mass is 9.90. The van der Waals surface area contributed by atoms with E-state index in [0.29, 0.717) is 6.42 Å².